The SMILES string of the molecule is C[C@H]1CNc2ccccc2CN1. The number of anilines is 1. The molecule has 1 aromatic carbocycles. The van der Waals surface area contributed by atoms with E-state index in [1.807, 2.05) is 0 Å². The van der Waals surface area contributed by atoms with Crippen molar-refractivity contribution < 1.29 is 0 Å². The molecule has 0 bridgehead atoms. The van der Waals surface area contributed by atoms with E-state index in [-0.39, 0.29) is 0 Å². The highest BCUT2D eigenvalue weighted by atomic mass is 15.0. The number of hydrogen-bond donors (Lipinski definition) is 2. The summed E-state index contributed by atoms with van der Waals surface area (Å²) in [7, 11) is 0. The average molecular weight is 162 g/mol. The van der Waals surface area contributed by atoms with E-state index in [0.717, 1.165) is 13.1 Å². The van der Waals surface area contributed by atoms with Crippen LogP contribution in [0, 0.1) is 0 Å². The second-order valence-corrected chi connectivity index (χ2v) is 3.32. The quantitative estimate of drug-likeness (QED) is 0.605. The fourth-order valence-corrected chi connectivity index (χ4v) is 1.47. The highest BCUT2D eigenvalue weighted by Gasteiger charge is 2.09. The normalized spacial score (nSPS) is 22.2. The van der Waals surface area contributed by atoms with Gasteiger partial charge in [0.05, 0.1) is 0 Å². The summed E-state index contributed by atoms with van der Waals surface area (Å²) in [6, 6.07) is 9.00. The lowest BCUT2D eigenvalue weighted by Crippen LogP contribution is -2.29. The Morgan fingerprint density at radius 3 is 3.08 bits per heavy atom. The molecule has 0 amide bonds. The zero-order chi connectivity index (χ0) is 8.39. The number of fused-ring (bicyclic) bond motifs is 1. The van der Waals surface area contributed by atoms with Gasteiger partial charge in [0.1, 0.15) is 0 Å². The summed E-state index contributed by atoms with van der Waals surface area (Å²) in [5.41, 5.74) is 2.64. The molecule has 2 heteroatoms. The van der Waals surface area contributed by atoms with Crippen molar-refractivity contribution in [2.75, 3.05) is 11.9 Å². The molecule has 1 aliphatic rings. The van der Waals surface area contributed by atoms with Gasteiger partial charge in [0, 0.05) is 24.8 Å². The first-order valence-electron chi connectivity index (χ1n) is 4.41. The lowest BCUT2D eigenvalue weighted by atomic mass is 10.2. The van der Waals surface area contributed by atoms with Crippen LogP contribution in [-0.2, 0) is 6.54 Å². The first kappa shape index (κ1) is 7.62. The molecule has 2 N–H and O–H groups in total. The maximum absolute atomic E-state index is 3.44. The molecule has 2 nitrogen and oxygen atoms in total. The van der Waals surface area contributed by atoms with Gasteiger partial charge in [-0.25, -0.2) is 0 Å². The maximum Gasteiger partial charge on any atom is 0.0386 e. The number of rotatable bonds is 0. The van der Waals surface area contributed by atoms with Crippen LogP contribution in [0.3, 0.4) is 0 Å². The Kier molecular flexibility index (Phi) is 2.00. The molecule has 0 aliphatic carbocycles. The van der Waals surface area contributed by atoms with Gasteiger partial charge in [0.25, 0.3) is 0 Å². The predicted molar refractivity (Wildman–Crippen MR) is 51.2 cm³/mol. The van der Waals surface area contributed by atoms with Crippen LogP contribution < -0.4 is 10.6 Å². The molecule has 1 aliphatic heterocycles. The average Bonchev–Trinajstić information content (AvgIpc) is 2.29. The standard InChI is InChI=1S/C10H14N2/c1-8-6-12-10-5-3-2-4-9(10)7-11-8/h2-5,8,11-12H,6-7H2,1H3/t8-/m0/s1. The van der Waals surface area contributed by atoms with Gasteiger partial charge < -0.3 is 10.6 Å². The van der Waals surface area contributed by atoms with Gasteiger partial charge in [0.15, 0.2) is 0 Å². The molecule has 0 fully saturated rings. The lowest BCUT2D eigenvalue weighted by molar-refractivity contribution is 0.581. The molecular formula is C10H14N2. The molecule has 12 heavy (non-hydrogen) atoms. The second kappa shape index (κ2) is 3.15. The van der Waals surface area contributed by atoms with E-state index in [4.69, 9.17) is 0 Å². The van der Waals surface area contributed by atoms with Crippen LogP contribution in [0.5, 0.6) is 0 Å². The summed E-state index contributed by atoms with van der Waals surface area (Å²) < 4.78 is 0. The van der Waals surface area contributed by atoms with Gasteiger partial charge in [-0.2, -0.15) is 0 Å². The molecule has 1 aromatic rings. The third kappa shape index (κ3) is 1.43. The summed E-state index contributed by atoms with van der Waals surface area (Å²) in [6.07, 6.45) is 0. The summed E-state index contributed by atoms with van der Waals surface area (Å²) in [4.78, 5) is 0. The molecule has 0 radical (unpaired) electrons. The lowest BCUT2D eigenvalue weighted by Gasteiger charge is -2.08. The van der Waals surface area contributed by atoms with E-state index >= 15 is 0 Å². The van der Waals surface area contributed by atoms with Crippen LogP contribution in [0.1, 0.15) is 12.5 Å². The van der Waals surface area contributed by atoms with E-state index in [1.54, 1.807) is 0 Å². The molecule has 64 valence electrons. The topological polar surface area (TPSA) is 24.1 Å². The monoisotopic (exact) mass is 162 g/mol. The fourth-order valence-electron chi connectivity index (χ4n) is 1.47. The van der Waals surface area contributed by atoms with Gasteiger partial charge in [-0.3, -0.25) is 0 Å². The molecule has 1 atom stereocenters. The van der Waals surface area contributed by atoms with Crippen molar-refractivity contribution in [1.29, 1.82) is 0 Å². The van der Waals surface area contributed by atoms with Gasteiger partial charge in [0.2, 0.25) is 0 Å². The largest absolute Gasteiger partial charge is 0.383 e. The first-order valence-corrected chi connectivity index (χ1v) is 4.41. The van der Waals surface area contributed by atoms with E-state index < -0.39 is 0 Å². The number of hydrogen-bond acceptors (Lipinski definition) is 2. The van der Waals surface area contributed by atoms with Crippen molar-refractivity contribution in [3.05, 3.63) is 29.8 Å². The summed E-state index contributed by atoms with van der Waals surface area (Å²) >= 11 is 0. The first-order chi connectivity index (χ1) is 5.86. The molecule has 0 spiro atoms. The molecule has 0 saturated carbocycles. The van der Waals surface area contributed by atoms with E-state index in [1.165, 1.54) is 11.3 Å². The zero-order valence-corrected chi connectivity index (χ0v) is 7.30. The van der Waals surface area contributed by atoms with E-state index in [9.17, 15) is 0 Å². The van der Waals surface area contributed by atoms with Crippen molar-refractivity contribution in [2.24, 2.45) is 0 Å². The summed E-state index contributed by atoms with van der Waals surface area (Å²) in [6.45, 7) is 4.18. The van der Waals surface area contributed by atoms with Crippen molar-refractivity contribution in [1.82, 2.24) is 5.32 Å². The molecule has 0 unspecified atom stereocenters. The summed E-state index contributed by atoms with van der Waals surface area (Å²) in [5, 5.41) is 6.85. The minimum atomic E-state index is 0.553. The van der Waals surface area contributed by atoms with Gasteiger partial charge >= 0.3 is 0 Å². The Morgan fingerprint density at radius 2 is 2.17 bits per heavy atom. The maximum atomic E-state index is 3.44. The van der Waals surface area contributed by atoms with Crippen LogP contribution in [0.2, 0.25) is 0 Å². The molecule has 2 rings (SSSR count). The minimum Gasteiger partial charge on any atom is -0.383 e. The van der Waals surface area contributed by atoms with Crippen LogP contribution in [0.4, 0.5) is 5.69 Å². The Hall–Kier alpha value is -1.02. The second-order valence-electron chi connectivity index (χ2n) is 3.32. The number of nitrogens with one attached hydrogen (secondary N) is 2. The Morgan fingerprint density at radius 1 is 1.33 bits per heavy atom. The van der Waals surface area contributed by atoms with Gasteiger partial charge in [-0.1, -0.05) is 18.2 Å². The molecule has 1 heterocycles. The van der Waals surface area contributed by atoms with Crippen molar-refractivity contribution in [3.63, 3.8) is 0 Å². The van der Waals surface area contributed by atoms with Crippen LogP contribution in [0.25, 0.3) is 0 Å². The molecular weight excluding hydrogens is 148 g/mol. The zero-order valence-electron chi connectivity index (χ0n) is 7.30. The van der Waals surface area contributed by atoms with Crippen molar-refractivity contribution in [2.45, 2.75) is 19.5 Å². The third-order valence-corrected chi connectivity index (χ3v) is 2.26. The predicted octanol–water partition coefficient (Wildman–Crippen LogP) is 1.59. The van der Waals surface area contributed by atoms with Crippen molar-refractivity contribution in [3.8, 4) is 0 Å². The molecule has 0 aromatic heterocycles. The number of para-hydroxylation sites is 1. The summed E-state index contributed by atoms with van der Waals surface area (Å²) in [5.74, 6) is 0. The van der Waals surface area contributed by atoms with E-state index in [0.29, 0.717) is 6.04 Å². The Balaban J connectivity index is 2.26. The van der Waals surface area contributed by atoms with Crippen molar-refractivity contribution >= 4 is 5.69 Å². The smallest absolute Gasteiger partial charge is 0.0386 e. The Labute approximate surface area is 73.0 Å². The molecule has 0 saturated heterocycles. The highest BCUT2D eigenvalue weighted by molar-refractivity contribution is 5.51. The number of benzene rings is 1. The van der Waals surface area contributed by atoms with E-state index in [2.05, 4.69) is 41.8 Å². The Bertz CT molecular complexity index is 243. The van der Waals surface area contributed by atoms with Crippen LogP contribution in [0.15, 0.2) is 24.3 Å². The highest BCUT2D eigenvalue weighted by Crippen LogP contribution is 2.16. The van der Waals surface area contributed by atoms with Crippen LogP contribution >= 0.6 is 0 Å². The van der Waals surface area contributed by atoms with Crippen LogP contribution in [-0.4, -0.2) is 12.6 Å². The van der Waals surface area contributed by atoms with Gasteiger partial charge in [-0.15, -0.1) is 0 Å². The minimum absolute atomic E-state index is 0.553. The fraction of sp³-hybridized carbons (Fsp3) is 0.400. The third-order valence-electron chi connectivity index (χ3n) is 2.26. The van der Waals surface area contributed by atoms with Gasteiger partial charge in [-0.05, 0) is 18.6 Å².